The highest BCUT2D eigenvalue weighted by atomic mass is 32.2. The fourth-order valence-electron chi connectivity index (χ4n) is 5.15. The second-order valence-electron chi connectivity index (χ2n) is 10.5. The minimum absolute atomic E-state index is 0.115. The lowest BCUT2D eigenvalue weighted by atomic mass is 10.0. The number of aromatic nitrogens is 3. The molecule has 4 aromatic rings. The number of carbonyl (C=O) groups is 1. The molecule has 10 heteroatoms. The molecule has 1 fully saturated rings. The van der Waals surface area contributed by atoms with Crippen LogP contribution in [0.25, 0.3) is 28.4 Å². The number of pyridine rings is 3. The van der Waals surface area contributed by atoms with Crippen molar-refractivity contribution >= 4 is 38.5 Å². The third-order valence-corrected chi connectivity index (χ3v) is 8.25. The zero-order valence-corrected chi connectivity index (χ0v) is 24.4. The molecule has 0 radical (unpaired) electrons. The zero-order valence-electron chi connectivity index (χ0n) is 23.6. The molecule has 4 heterocycles. The van der Waals surface area contributed by atoms with Crippen molar-refractivity contribution in [2.45, 2.75) is 44.4 Å². The molecule has 212 valence electrons. The van der Waals surface area contributed by atoms with Gasteiger partial charge in [0.1, 0.15) is 5.82 Å². The Kier molecular flexibility index (Phi) is 7.88. The summed E-state index contributed by atoms with van der Waals surface area (Å²) in [6.45, 7) is 11.3. The summed E-state index contributed by atoms with van der Waals surface area (Å²) in [5, 5.41) is 3.71. The maximum atomic E-state index is 13.1. The second kappa shape index (κ2) is 11.4. The molecule has 0 bridgehead atoms. The molecule has 0 saturated carbocycles. The van der Waals surface area contributed by atoms with E-state index in [2.05, 4.69) is 35.6 Å². The predicted octanol–water partition coefficient (Wildman–Crippen LogP) is 4.59. The summed E-state index contributed by atoms with van der Waals surface area (Å²) in [6, 6.07) is 14.7. The molecular weight excluding hydrogens is 538 g/mol. The Balaban J connectivity index is 1.37. The van der Waals surface area contributed by atoms with E-state index >= 15 is 0 Å². The average molecular weight is 572 g/mol. The highest BCUT2D eigenvalue weighted by Crippen LogP contribution is 2.25. The molecule has 0 aliphatic carbocycles. The Labute approximate surface area is 240 Å². The molecule has 1 amide bonds. The summed E-state index contributed by atoms with van der Waals surface area (Å²) in [6.07, 6.45) is 4.64. The number of rotatable bonds is 7. The van der Waals surface area contributed by atoms with Crippen LogP contribution < -0.4 is 10.2 Å². The lowest BCUT2D eigenvalue weighted by Crippen LogP contribution is -2.45. The number of anilines is 1. The Morgan fingerprint density at radius 1 is 1.10 bits per heavy atom. The number of morpholine rings is 1. The predicted molar refractivity (Wildman–Crippen MR) is 161 cm³/mol. The standard InChI is InChI=1S/C31H33N5O4S/c1-6-22-12-19(2)29(41(5,38)39)14-25(22)31(37)33-16-24-13-28-23(15-32-24)10-11-27(34-28)26-8-7-9-30(35-26)36-17-20(3)40-21(4)18-36/h6-15,20-21H,1,16-18H2,2-5H3,(H,33,37)/t20-,21+. The number of fused-ring (bicyclic) bond motifs is 1. The summed E-state index contributed by atoms with van der Waals surface area (Å²) >= 11 is 0. The minimum atomic E-state index is -3.50. The highest BCUT2D eigenvalue weighted by Gasteiger charge is 2.23. The Morgan fingerprint density at radius 3 is 2.54 bits per heavy atom. The first-order chi connectivity index (χ1) is 19.5. The number of carbonyl (C=O) groups excluding carboxylic acids is 1. The Morgan fingerprint density at radius 2 is 1.83 bits per heavy atom. The van der Waals surface area contributed by atoms with Gasteiger partial charge in [0, 0.05) is 36.5 Å². The van der Waals surface area contributed by atoms with Gasteiger partial charge in [-0.1, -0.05) is 18.7 Å². The number of benzene rings is 1. The normalized spacial score (nSPS) is 17.4. The first kappa shape index (κ1) is 28.4. The first-order valence-corrected chi connectivity index (χ1v) is 15.3. The molecule has 5 rings (SSSR count). The van der Waals surface area contributed by atoms with Crippen molar-refractivity contribution in [2.75, 3.05) is 24.2 Å². The van der Waals surface area contributed by atoms with Crippen molar-refractivity contribution in [3.8, 4) is 11.4 Å². The largest absolute Gasteiger partial charge is 0.372 e. The molecular formula is C31H33N5O4S. The monoisotopic (exact) mass is 571 g/mol. The summed E-state index contributed by atoms with van der Waals surface area (Å²) in [7, 11) is -3.50. The van der Waals surface area contributed by atoms with E-state index in [4.69, 9.17) is 14.7 Å². The highest BCUT2D eigenvalue weighted by molar-refractivity contribution is 7.90. The van der Waals surface area contributed by atoms with E-state index in [1.54, 1.807) is 19.2 Å². The van der Waals surface area contributed by atoms with E-state index in [1.807, 2.05) is 36.4 Å². The summed E-state index contributed by atoms with van der Waals surface area (Å²) < 4.78 is 30.3. The van der Waals surface area contributed by atoms with E-state index in [0.717, 1.165) is 47.5 Å². The topological polar surface area (TPSA) is 114 Å². The van der Waals surface area contributed by atoms with Gasteiger partial charge in [-0.3, -0.25) is 9.78 Å². The van der Waals surface area contributed by atoms with Crippen LogP contribution in [0.2, 0.25) is 0 Å². The van der Waals surface area contributed by atoms with Crippen LogP contribution in [0.5, 0.6) is 0 Å². The number of hydrogen-bond donors (Lipinski definition) is 1. The van der Waals surface area contributed by atoms with Gasteiger partial charge in [-0.2, -0.15) is 0 Å². The first-order valence-electron chi connectivity index (χ1n) is 13.4. The third-order valence-electron chi connectivity index (χ3n) is 7.01. The van der Waals surface area contributed by atoms with Crippen molar-refractivity contribution in [3.63, 3.8) is 0 Å². The van der Waals surface area contributed by atoms with Gasteiger partial charge in [0.15, 0.2) is 9.84 Å². The van der Waals surface area contributed by atoms with Crippen molar-refractivity contribution in [3.05, 3.63) is 83.7 Å². The SMILES string of the molecule is C=Cc1cc(C)c(S(C)(=O)=O)cc1C(=O)NCc1cc2nc(-c3cccc(N4C[C@@H](C)O[C@@H](C)C4)n3)ccc2cn1. The maximum absolute atomic E-state index is 13.1. The van der Waals surface area contributed by atoms with Gasteiger partial charge in [-0.15, -0.1) is 0 Å². The van der Waals surface area contributed by atoms with Gasteiger partial charge in [-0.25, -0.2) is 18.4 Å². The van der Waals surface area contributed by atoms with Crippen molar-refractivity contribution < 1.29 is 17.9 Å². The maximum Gasteiger partial charge on any atom is 0.252 e. The molecule has 0 spiro atoms. The second-order valence-corrected chi connectivity index (χ2v) is 12.5. The number of sulfone groups is 1. The molecule has 1 N–H and O–H groups in total. The van der Waals surface area contributed by atoms with Crippen molar-refractivity contribution in [1.29, 1.82) is 0 Å². The lowest BCUT2D eigenvalue weighted by Gasteiger charge is -2.36. The minimum Gasteiger partial charge on any atom is -0.372 e. The number of nitrogens with zero attached hydrogens (tertiary/aromatic N) is 4. The molecule has 1 aliphatic heterocycles. The van der Waals surface area contributed by atoms with Crippen LogP contribution >= 0.6 is 0 Å². The zero-order chi connectivity index (χ0) is 29.3. The summed E-state index contributed by atoms with van der Waals surface area (Å²) in [5.41, 5.74) is 4.20. The van der Waals surface area contributed by atoms with E-state index < -0.39 is 15.7 Å². The molecule has 1 aliphatic rings. The number of nitrogens with one attached hydrogen (secondary N) is 1. The van der Waals surface area contributed by atoms with Gasteiger partial charge >= 0.3 is 0 Å². The molecule has 3 aromatic heterocycles. The van der Waals surface area contributed by atoms with Crippen LogP contribution in [0.3, 0.4) is 0 Å². The number of amides is 1. The fourth-order valence-corrected chi connectivity index (χ4v) is 6.12. The van der Waals surface area contributed by atoms with E-state index in [1.165, 1.54) is 12.1 Å². The third kappa shape index (κ3) is 6.28. The van der Waals surface area contributed by atoms with Crippen LogP contribution in [-0.4, -0.2) is 60.8 Å². The van der Waals surface area contributed by atoms with Gasteiger partial charge in [-0.05, 0) is 74.4 Å². The van der Waals surface area contributed by atoms with Gasteiger partial charge in [0.2, 0.25) is 0 Å². The number of ether oxygens (including phenoxy) is 1. The quantitative estimate of drug-likeness (QED) is 0.343. The Hall–Kier alpha value is -4.15. The van der Waals surface area contributed by atoms with Crippen molar-refractivity contribution in [2.24, 2.45) is 0 Å². The van der Waals surface area contributed by atoms with Crippen LogP contribution in [0.15, 0.2) is 66.2 Å². The van der Waals surface area contributed by atoms with Gasteiger partial charge in [0.05, 0.1) is 46.2 Å². The van der Waals surface area contributed by atoms with Crippen LogP contribution in [-0.2, 0) is 21.1 Å². The average Bonchev–Trinajstić information content (AvgIpc) is 2.94. The molecule has 1 aromatic carbocycles. The fraction of sp³-hybridized carbons (Fsp3) is 0.290. The molecule has 0 unspecified atom stereocenters. The number of aryl methyl sites for hydroxylation is 1. The van der Waals surface area contributed by atoms with Crippen LogP contribution in [0.4, 0.5) is 5.82 Å². The smallest absolute Gasteiger partial charge is 0.252 e. The summed E-state index contributed by atoms with van der Waals surface area (Å²) in [5.74, 6) is 0.472. The van der Waals surface area contributed by atoms with E-state index in [9.17, 15) is 13.2 Å². The van der Waals surface area contributed by atoms with E-state index in [0.29, 0.717) is 16.8 Å². The van der Waals surface area contributed by atoms with Crippen LogP contribution in [0.1, 0.15) is 41.0 Å². The summed E-state index contributed by atoms with van der Waals surface area (Å²) in [4.78, 5) is 29.6. The Bertz CT molecular complexity index is 1750. The molecule has 1 saturated heterocycles. The molecule has 2 atom stereocenters. The van der Waals surface area contributed by atoms with Crippen LogP contribution in [0, 0.1) is 6.92 Å². The number of hydrogen-bond acceptors (Lipinski definition) is 8. The van der Waals surface area contributed by atoms with E-state index in [-0.39, 0.29) is 29.2 Å². The molecule has 9 nitrogen and oxygen atoms in total. The van der Waals surface area contributed by atoms with Crippen molar-refractivity contribution in [1.82, 2.24) is 20.3 Å². The lowest BCUT2D eigenvalue weighted by molar-refractivity contribution is -0.00545. The van der Waals surface area contributed by atoms with Gasteiger partial charge in [0.25, 0.3) is 5.91 Å². The van der Waals surface area contributed by atoms with Gasteiger partial charge < -0.3 is 15.0 Å². The molecule has 41 heavy (non-hydrogen) atoms.